The smallest absolute Gasteiger partial charge is 0.297 e. The van der Waals surface area contributed by atoms with Crippen LogP contribution in [0.25, 0.3) is 0 Å². The lowest BCUT2D eigenvalue weighted by atomic mass is 10.4. The van der Waals surface area contributed by atoms with E-state index in [4.69, 9.17) is 4.89 Å². The summed E-state index contributed by atoms with van der Waals surface area (Å²) in [6.07, 6.45) is -0.679. The van der Waals surface area contributed by atoms with Crippen molar-refractivity contribution in [2.75, 3.05) is 6.35 Å². The quantitative estimate of drug-likeness (QED) is 0.618. The maximum atomic E-state index is 11.3. The third-order valence-electron chi connectivity index (χ3n) is 1.37. The Hall–Kier alpha value is -0.680. The summed E-state index contributed by atoms with van der Waals surface area (Å²) in [6, 6.07) is 7.44. The summed E-state index contributed by atoms with van der Waals surface area (Å²) in [5.74, 6) is 0. The Kier molecular flexibility index (Phi) is 3.83. The lowest BCUT2D eigenvalue weighted by Crippen LogP contribution is -2.05. The molecule has 1 aromatic rings. The first-order valence-corrected chi connectivity index (χ1v) is 6.66. The molecule has 0 fully saturated rings. The van der Waals surface area contributed by atoms with Crippen LogP contribution >= 0.6 is 8.03 Å². The molecule has 0 spiro atoms. The number of benzene rings is 1. The van der Waals surface area contributed by atoms with E-state index in [1.807, 2.05) is 0 Å². The summed E-state index contributed by atoms with van der Waals surface area (Å²) < 4.78 is 37.2. The van der Waals surface area contributed by atoms with Gasteiger partial charge in [-0.25, -0.2) is 0 Å². The molecule has 14 heavy (non-hydrogen) atoms. The Balaban J connectivity index is 2.82. The van der Waals surface area contributed by atoms with Gasteiger partial charge in [0, 0.05) is 0 Å². The second-order valence-corrected chi connectivity index (χ2v) is 5.11. The summed E-state index contributed by atoms with van der Waals surface area (Å²) in [5.41, 5.74) is 0. The van der Waals surface area contributed by atoms with Gasteiger partial charge in [0.15, 0.2) is 0 Å². The maximum absolute atomic E-state index is 11.3. The van der Waals surface area contributed by atoms with Crippen molar-refractivity contribution in [3.63, 3.8) is 0 Å². The first kappa shape index (κ1) is 11.4. The molecular weight excluding hydrogens is 227 g/mol. The Morgan fingerprint density at radius 3 is 2.36 bits per heavy atom. The summed E-state index contributed by atoms with van der Waals surface area (Å²) >= 11 is 0. The highest BCUT2D eigenvalue weighted by Gasteiger charge is 2.14. The van der Waals surface area contributed by atoms with Crippen molar-refractivity contribution in [3.05, 3.63) is 30.3 Å². The largest absolute Gasteiger partial charge is 0.345 e. The van der Waals surface area contributed by atoms with Crippen LogP contribution in [0.3, 0.4) is 0 Å². The monoisotopic (exact) mass is 236 g/mol. The first-order valence-electron chi connectivity index (χ1n) is 3.68. The third-order valence-corrected chi connectivity index (χ3v) is 3.25. The fraction of sp³-hybridized carbons (Fsp3) is 0.143. The standard InChI is InChI=1S/C7H9O5PS/c8-13(9)6-12-14(10,11)7-4-2-1-3-5-7/h1-5,13H,6H2,(H,8,9). The molecule has 0 aliphatic heterocycles. The predicted molar refractivity (Wildman–Crippen MR) is 50.8 cm³/mol. The van der Waals surface area contributed by atoms with Gasteiger partial charge >= 0.3 is 0 Å². The van der Waals surface area contributed by atoms with E-state index in [2.05, 4.69) is 4.18 Å². The molecule has 0 aromatic heterocycles. The first-order chi connectivity index (χ1) is 6.52. The van der Waals surface area contributed by atoms with E-state index in [9.17, 15) is 13.0 Å². The normalized spacial score (nSPS) is 13.8. The predicted octanol–water partition coefficient (Wildman–Crippen LogP) is 0.816. The van der Waals surface area contributed by atoms with E-state index in [0.29, 0.717) is 0 Å². The molecule has 5 nitrogen and oxygen atoms in total. The lowest BCUT2D eigenvalue weighted by molar-refractivity contribution is 0.355. The highest BCUT2D eigenvalue weighted by atomic mass is 32.2. The fourth-order valence-electron chi connectivity index (χ4n) is 0.783. The Morgan fingerprint density at radius 1 is 1.29 bits per heavy atom. The Morgan fingerprint density at radius 2 is 1.86 bits per heavy atom. The van der Waals surface area contributed by atoms with Crippen LogP contribution in [0.15, 0.2) is 35.2 Å². The average Bonchev–Trinajstić information content (AvgIpc) is 2.16. The molecule has 1 N–H and O–H groups in total. The van der Waals surface area contributed by atoms with Crippen molar-refractivity contribution in [3.8, 4) is 0 Å². The van der Waals surface area contributed by atoms with Crippen LogP contribution < -0.4 is 0 Å². The van der Waals surface area contributed by atoms with Crippen molar-refractivity contribution in [1.82, 2.24) is 0 Å². The van der Waals surface area contributed by atoms with Crippen LogP contribution in [0.1, 0.15) is 0 Å². The van der Waals surface area contributed by atoms with Crippen LogP contribution in [-0.2, 0) is 18.9 Å². The molecule has 0 bridgehead atoms. The molecule has 0 saturated carbocycles. The zero-order valence-electron chi connectivity index (χ0n) is 7.08. The molecule has 1 rings (SSSR count). The SMILES string of the molecule is O=[PH](O)COS(=O)(=O)c1ccccc1. The van der Waals surface area contributed by atoms with Crippen molar-refractivity contribution < 1.29 is 22.1 Å². The highest BCUT2D eigenvalue weighted by Crippen LogP contribution is 2.18. The minimum Gasteiger partial charge on any atom is -0.345 e. The van der Waals surface area contributed by atoms with E-state index >= 15 is 0 Å². The number of hydrogen-bond acceptors (Lipinski definition) is 4. The third kappa shape index (κ3) is 3.23. The van der Waals surface area contributed by atoms with Gasteiger partial charge in [0.2, 0.25) is 8.03 Å². The summed E-state index contributed by atoms with van der Waals surface area (Å²) in [5, 5.41) is 0. The molecule has 0 heterocycles. The zero-order valence-corrected chi connectivity index (χ0v) is 8.90. The molecule has 7 heteroatoms. The molecule has 1 unspecified atom stereocenters. The molecule has 0 saturated heterocycles. The number of hydrogen-bond donors (Lipinski definition) is 1. The van der Waals surface area contributed by atoms with Crippen molar-refractivity contribution in [2.45, 2.75) is 4.90 Å². The van der Waals surface area contributed by atoms with E-state index in [-0.39, 0.29) is 4.90 Å². The van der Waals surface area contributed by atoms with Gasteiger partial charge in [0.25, 0.3) is 10.1 Å². The van der Waals surface area contributed by atoms with Gasteiger partial charge in [-0.15, -0.1) is 0 Å². The Labute approximate surface area is 82.3 Å². The van der Waals surface area contributed by atoms with Crippen LogP contribution in [-0.4, -0.2) is 19.7 Å². The average molecular weight is 236 g/mol. The lowest BCUT2D eigenvalue weighted by Gasteiger charge is -2.02. The van der Waals surface area contributed by atoms with Gasteiger partial charge in [-0.1, -0.05) is 18.2 Å². The maximum Gasteiger partial charge on any atom is 0.297 e. The molecule has 0 aliphatic rings. The van der Waals surface area contributed by atoms with Gasteiger partial charge in [0.05, 0.1) is 4.90 Å². The summed E-state index contributed by atoms with van der Waals surface area (Å²) in [7, 11) is -6.82. The van der Waals surface area contributed by atoms with Gasteiger partial charge in [-0.05, 0) is 12.1 Å². The van der Waals surface area contributed by atoms with E-state index in [1.165, 1.54) is 24.3 Å². The molecular formula is C7H9O5PS. The van der Waals surface area contributed by atoms with E-state index in [1.54, 1.807) is 6.07 Å². The minimum absolute atomic E-state index is 0.0248. The van der Waals surface area contributed by atoms with Crippen LogP contribution in [0.4, 0.5) is 0 Å². The van der Waals surface area contributed by atoms with E-state index < -0.39 is 24.5 Å². The second kappa shape index (κ2) is 4.70. The Bertz CT molecular complexity index is 413. The molecule has 1 atom stereocenters. The van der Waals surface area contributed by atoms with Crippen LogP contribution in [0.5, 0.6) is 0 Å². The van der Waals surface area contributed by atoms with E-state index in [0.717, 1.165) is 0 Å². The van der Waals surface area contributed by atoms with Crippen molar-refractivity contribution >= 4 is 18.1 Å². The fourth-order valence-corrected chi connectivity index (χ4v) is 2.43. The van der Waals surface area contributed by atoms with Crippen LogP contribution in [0.2, 0.25) is 0 Å². The topological polar surface area (TPSA) is 80.7 Å². The highest BCUT2D eigenvalue weighted by molar-refractivity contribution is 7.87. The van der Waals surface area contributed by atoms with Gasteiger partial charge in [0.1, 0.15) is 6.35 Å². The molecule has 0 aliphatic carbocycles. The summed E-state index contributed by atoms with van der Waals surface area (Å²) in [6.45, 7) is 0. The van der Waals surface area contributed by atoms with Gasteiger partial charge < -0.3 is 4.89 Å². The second-order valence-electron chi connectivity index (χ2n) is 2.42. The minimum atomic E-state index is -3.89. The van der Waals surface area contributed by atoms with Crippen molar-refractivity contribution in [2.24, 2.45) is 0 Å². The van der Waals surface area contributed by atoms with Crippen LogP contribution in [0, 0.1) is 0 Å². The zero-order chi connectivity index (χ0) is 10.6. The molecule has 78 valence electrons. The van der Waals surface area contributed by atoms with Crippen molar-refractivity contribution in [1.29, 1.82) is 0 Å². The van der Waals surface area contributed by atoms with Gasteiger partial charge in [-0.3, -0.25) is 8.75 Å². The summed E-state index contributed by atoms with van der Waals surface area (Å²) in [4.78, 5) is 8.39. The molecule has 1 aromatic carbocycles. The van der Waals surface area contributed by atoms with Gasteiger partial charge in [-0.2, -0.15) is 8.42 Å². The number of rotatable bonds is 4. The molecule has 0 radical (unpaired) electrons. The molecule has 0 amide bonds.